The number of phenols is 1. The first-order chi connectivity index (χ1) is 11.7. The lowest BCUT2D eigenvalue weighted by atomic mass is 9.92. The number of hydrogen-bond acceptors (Lipinski definition) is 1. The highest BCUT2D eigenvalue weighted by Crippen LogP contribution is 2.36. The van der Waals surface area contributed by atoms with Gasteiger partial charge in [0, 0.05) is 5.02 Å². The second-order valence-corrected chi connectivity index (χ2v) is 6.55. The highest BCUT2D eigenvalue weighted by molar-refractivity contribution is 6.30. The Bertz CT molecular complexity index is 940. The molecule has 0 aliphatic heterocycles. The van der Waals surface area contributed by atoms with Crippen molar-refractivity contribution >= 4 is 23.3 Å². The van der Waals surface area contributed by atoms with E-state index in [1.165, 1.54) is 22.3 Å². The Hall–Kier alpha value is -2.51. The van der Waals surface area contributed by atoms with Crippen molar-refractivity contribution in [3.8, 4) is 5.75 Å². The van der Waals surface area contributed by atoms with E-state index in [-0.39, 0.29) is 5.75 Å². The van der Waals surface area contributed by atoms with Crippen molar-refractivity contribution in [2.45, 2.75) is 12.8 Å². The molecule has 0 saturated carbocycles. The number of benzene rings is 3. The summed E-state index contributed by atoms with van der Waals surface area (Å²) in [6.07, 6.45) is 4.15. The van der Waals surface area contributed by atoms with Crippen molar-refractivity contribution in [1.29, 1.82) is 0 Å². The van der Waals surface area contributed by atoms with Crippen molar-refractivity contribution in [1.82, 2.24) is 0 Å². The van der Waals surface area contributed by atoms with Crippen LogP contribution in [0.4, 0.5) is 0 Å². The van der Waals surface area contributed by atoms with Crippen LogP contribution in [0, 0.1) is 0 Å². The lowest BCUT2D eigenvalue weighted by molar-refractivity contribution is 0.475. The van der Waals surface area contributed by atoms with Gasteiger partial charge in [-0.25, -0.2) is 0 Å². The average molecular weight is 333 g/mol. The van der Waals surface area contributed by atoms with E-state index in [4.69, 9.17) is 11.6 Å². The van der Waals surface area contributed by atoms with Crippen LogP contribution in [-0.2, 0) is 12.8 Å². The third-order valence-electron chi connectivity index (χ3n) is 4.51. The number of halogens is 1. The maximum absolute atomic E-state index is 9.78. The van der Waals surface area contributed by atoms with Gasteiger partial charge in [-0.05, 0) is 76.6 Å². The topological polar surface area (TPSA) is 20.2 Å². The highest BCUT2D eigenvalue weighted by atomic mass is 35.5. The summed E-state index contributed by atoms with van der Waals surface area (Å²) in [4.78, 5) is 0. The molecule has 1 nitrogen and oxygen atoms in total. The van der Waals surface area contributed by atoms with Crippen LogP contribution < -0.4 is 0 Å². The summed E-state index contributed by atoms with van der Waals surface area (Å²) in [5.74, 6) is 0.276. The minimum absolute atomic E-state index is 0.276. The van der Waals surface area contributed by atoms with Crippen molar-refractivity contribution < 1.29 is 5.11 Å². The Morgan fingerprint density at radius 2 is 1.58 bits per heavy atom. The molecule has 3 aromatic rings. The molecule has 0 saturated heterocycles. The molecular formula is C22H17ClO. The van der Waals surface area contributed by atoms with E-state index in [1.807, 2.05) is 24.3 Å². The van der Waals surface area contributed by atoms with E-state index in [1.54, 1.807) is 12.1 Å². The van der Waals surface area contributed by atoms with E-state index in [9.17, 15) is 5.11 Å². The van der Waals surface area contributed by atoms with Crippen molar-refractivity contribution in [2.75, 3.05) is 0 Å². The monoisotopic (exact) mass is 332 g/mol. The van der Waals surface area contributed by atoms with Crippen molar-refractivity contribution in [2.24, 2.45) is 0 Å². The van der Waals surface area contributed by atoms with Gasteiger partial charge in [0.25, 0.3) is 0 Å². The quantitative estimate of drug-likeness (QED) is 0.603. The third-order valence-corrected chi connectivity index (χ3v) is 4.75. The van der Waals surface area contributed by atoms with Crippen LogP contribution >= 0.6 is 11.6 Å². The summed E-state index contributed by atoms with van der Waals surface area (Å²) < 4.78 is 0. The van der Waals surface area contributed by atoms with E-state index in [2.05, 4.69) is 36.4 Å². The lowest BCUT2D eigenvalue weighted by Crippen LogP contribution is -1.92. The first-order valence-electron chi connectivity index (χ1n) is 8.08. The Morgan fingerprint density at radius 3 is 2.42 bits per heavy atom. The van der Waals surface area contributed by atoms with Gasteiger partial charge in [-0.1, -0.05) is 54.1 Å². The normalized spacial score (nSPS) is 14.8. The largest absolute Gasteiger partial charge is 0.508 e. The molecule has 0 atom stereocenters. The smallest absolute Gasteiger partial charge is 0.116 e. The Kier molecular flexibility index (Phi) is 3.87. The van der Waals surface area contributed by atoms with Crippen molar-refractivity contribution in [3.05, 3.63) is 99.6 Å². The van der Waals surface area contributed by atoms with E-state index in [0.29, 0.717) is 0 Å². The number of rotatable bonds is 1. The van der Waals surface area contributed by atoms with Gasteiger partial charge in [0.2, 0.25) is 0 Å². The summed E-state index contributed by atoms with van der Waals surface area (Å²) in [5.41, 5.74) is 7.20. The first kappa shape index (κ1) is 15.0. The maximum atomic E-state index is 9.78. The fraction of sp³-hybridized carbons (Fsp3) is 0.0909. The minimum atomic E-state index is 0.276. The zero-order valence-electron chi connectivity index (χ0n) is 13.2. The lowest BCUT2D eigenvalue weighted by Gasteiger charge is -2.13. The van der Waals surface area contributed by atoms with Gasteiger partial charge >= 0.3 is 0 Å². The molecule has 1 aliphatic rings. The van der Waals surface area contributed by atoms with Gasteiger partial charge in [-0.3, -0.25) is 0 Å². The predicted molar refractivity (Wildman–Crippen MR) is 100 cm³/mol. The standard InChI is InChI=1S/C22H17ClO/c23-18-11-10-17-9-8-16-5-1-2-7-20(16)22(21(17)14-18)13-15-4-3-6-19(24)12-15/h1-7,10-14,24H,8-9H2. The van der Waals surface area contributed by atoms with Crippen molar-refractivity contribution in [3.63, 3.8) is 0 Å². The molecule has 24 heavy (non-hydrogen) atoms. The fourth-order valence-electron chi connectivity index (χ4n) is 3.37. The first-order valence-corrected chi connectivity index (χ1v) is 8.46. The SMILES string of the molecule is Oc1cccc(C=C2c3ccccc3CCc3ccc(Cl)cc32)c1. The molecule has 0 unspecified atom stereocenters. The zero-order valence-corrected chi connectivity index (χ0v) is 13.9. The molecule has 1 N–H and O–H groups in total. The van der Waals surface area contributed by atoms with Crippen LogP contribution in [0.1, 0.15) is 27.8 Å². The summed E-state index contributed by atoms with van der Waals surface area (Å²) in [7, 11) is 0. The van der Waals surface area contributed by atoms with Crippen LogP contribution in [0.5, 0.6) is 5.75 Å². The van der Waals surface area contributed by atoms with Crippen LogP contribution in [-0.4, -0.2) is 5.11 Å². The summed E-state index contributed by atoms with van der Waals surface area (Å²) in [6, 6.07) is 22.0. The second-order valence-electron chi connectivity index (χ2n) is 6.11. The highest BCUT2D eigenvalue weighted by Gasteiger charge is 2.18. The number of fused-ring (bicyclic) bond motifs is 2. The van der Waals surface area contributed by atoms with Crippen LogP contribution in [0.2, 0.25) is 5.02 Å². The van der Waals surface area contributed by atoms with Crippen LogP contribution in [0.3, 0.4) is 0 Å². The van der Waals surface area contributed by atoms with Gasteiger partial charge in [0.15, 0.2) is 0 Å². The molecule has 0 spiro atoms. The number of aromatic hydroxyl groups is 1. The zero-order chi connectivity index (χ0) is 16.5. The summed E-state index contributed by atoms with van der Waals surface area (Å²) in [5, 5.41) is 10.5. The second kappa shape index (κ2) is 6.18. The predicted octanol–water partition coefficient (Wildman–Crippen LogP) is 5.73. The summed E-state index contributed by atoms with van der Waals surface area (Å²) >= 11 is 6.28. The van der Waals surface area contributed by atoms with Gasteiger partial charge < -0.3 is 5.11 Å². The molecule has 3 aromatic carbocycles. The van der Waals surface area contributed by atoms with Gasteiger partial charge in [0.1, 0.15) is 5.75 Å². The third kappa shape index (κ3) is 2.83. The van der Waals surface area contributed by atoms with E-state index < -0.39 is 0 Å². The van der Waals surface area contributed by atoms with Crippen LogP contribution in [0.15, 0.2) is 66.7 Å². The van der Waals surface area contributed by atoms with Gasteiger partial charge in [-0.15, -0.1) is 0 Å². The number of phenolic OH excluding ortho intramolecular Hbond substituents is 1. The molecule has 0 amide bonds. The Balaban J connectivity index is 1.98. The fourth-order valence-corrected chi connectivity index (χ4v) is 3.54. The summed E-state index contributed by atoms with van der Waals surface area (Å²) in [6.45, 7) is 0. The van der Waals surface area contributed by atoms with Gasteiger partial charge in [0.05, 0.1) is 0 Å². The molecule has 0 radical (unpaired) electrons. The molecule has 0 aromatic heterocycles. The van der Waals surface area contributed by atoms with E-state index >= 15 is 0 Å². The maximum Gasteiger partial charge on any atom is 0.116 e. The molecular weight excluding hydrogens is 316 g/mol. The molecule has 1 aliphatic carbocycles. The molecule has 4 rings (SSSR count). The number of hydrogen-bond donors (Lipinski definition) is 1. The molecule has 0 bridgehead atoms. The van der Waals surface area contributed by atoms with Gasteiger partial charge in [-0.2, -0.15) is 0 Å². The molecule has 0 heterocycles. The molecule has 2 heteroatoms. The average Bonchev–Trinajstić information content (AvgIpc) is 2.73. The number of aryl methyl sites for hydroxylation is 2. The Labute approximate surface area is 146 Å². The minimum Gasteiger partial charge on any atom is -0.508 e. The van der Waals surface area contributed by atoms with Crippen LogP contribution in [0.25, 0.3) is 11.6 Å². The molecule has 118 valence electrons. The Morgan fingerprint density at radius 1 is 0.792 bits per heavy atom. The molecule has 0 fully saturated rings. The van der Waals surface area contributed by atoms with E-state index in [0.717, 1.165) is 29.0 Å².